The van der Waals surface area contributed by atoms with Gasteiger partial charge in [-0.2, -0.15) is 5.26 Å². The van der Waals surface area contributed by atoms with Crippen LogP contribution in [-0.2, 0) is 6.54 Å². The molecule has 4 nitrogen and oxygen atoms in total. The van der Waals surface area contributed by atoms with Gasteiger partial charge in [0.05, 0.1) is 11.8 Å². The van der Waals surface area contributed by atoms with Crippen molar-refractivity contribution in [1.29, 1.82) is 5.26 Å². The SMILES string of the molecule is N#CCCN(Cc1cn2ccsc2n1)C1CC1. The third-order valence-corrected chi connectivity index (χ3v) is 3.85. The van der Waals surface area contributed by atoms with Gasteiger partial charge in [-0.25, -0.2) is 4.98 Å². The number of thiazole rings is 1. The van der Waals surface area contributed by atoms with Crippen molar-refractivity contribution in [1.82, 2.24) is 14.3 Å². The van der Waals surface area contributed by atoms with Crippen LogP contribution in [0, 0.1) is 11.3 Å². The summed E-state index contributed by atoms with van der Waals surface area (Å²) >= 11 is 1.66. The number of nitriles is 1. The molecule has 1 saturated carbocycles. The zero-order valence-corrected chi connectivity index (χ0v) is 10.4. The van der Waals surface area contributed by atoms with Gasteiger partial charge in [0.1, 0.15) is 0 Å². The zero-order chi connectivity index (χ0) is 11.7. The molecule has 1 fully saturated rings. The molecule has 2 aromatic heterocycles. The lowest BCUT2D eigenvalue weighted by Gasteiger charge is -2.18. The van der Waals surface area contributed by atoms with E-state index < -0.39 is 0 Å². The summed E-state index contributed by atoms with van der Waals surface area (Å²) in [5.41, 5.74) is 1.11. The van der Waals surface area contributed by atoms with E-state index >= 15 is 0 Å². The van der Waals surface area contributed by atoms with Crippen LogP contribution < -0.4 is 0 Å². The molecule has 0 unspecified atom stereocenters. The first-order valence-electron chi connectivity index (χ1n) is 5.89. The van der Waals surface area contributed by atoms with E-state index in [0.29, 0.717) is 12.5 Å². The van der Waals surface area contributed by atoms with E-state index in [2.05, 4.69) is 26.6 Å². The Morgan fingerprint density at radius 3 is 3.18 bits per heavy atom. The van der Waals surface area contributed by atoms with Gasteiger partial charge in [0.15, 0.2) is 4.96 Å². The van der Waals surface area contributed by atoms with Crippen molar-refractivity contribution >= 4 is 16.3 Å². The van der Waals surface area contributed by atoms with Gasteiger partial charge in [-0.3, -0.25) is 9.30 Å². The summed E-state index contributed by atoms with van der Waals surface area (Å²) in [5.74, 6) is 0. The Bertz CT molecular complexity index is 518. The summed E-state index contributed by atoms with van der Waals surface area (Å²) in [6.45, 7) is 1.74. The van der Waals surface area contributed by atoms with Crippen LogP contribution in [0.5, 0.6) is 0 Å². The fraction of sp³-hybridized carbons (Fsp3) is 0.500. The average molecular weight is 246 g/mol. The molecule has 2 aromatic rings. The van der Waals surface area contributed by atoms with E-state index in [4.69, 9.17) is 5.26 Å². The monoisotopic (exact) mass is 246 g/mol. The number of hydrogen-bond acceptors (Lipinski definition) is 4. The van der Waals surface area contributed by atoms with Gasteiger partial charge >= 0.3 is 0 Å². The molecule has 0 amide bonds. The molecule has 3 rings (SSSR count). The number of hydrogen-bond donors (Lipinski definition) is 0. The minimum atomic E-state index is 0.610. The van der Waals surface area contributed by atoms with E-state index in [1.807, 2.05) is 11.6 Å². The highest BCUT2D eigenvalue weighted by atomic mass is 32.1. The molecule has 0 saturated heterocycles. The van der Waals surface area contributed by atoms with Crippen LogP contribution in [0.4, 0.5) is 0 Å². The molecular formula is C12H14N4S. The van der Waals surface area contributed by atoms with Crippen molar-refractivity contribution in [3.05, 3.63) is 23.5 Å². The Morgan fingerprint density at radius 1 is 1.59 bits per heavy atom. The van der Waals surface area contributed by atoms with Gasteiger partial charge in [-0.05, 0) is 12.8 Å². The van der Waals surface area contributed by atoms with Crippen molar-refractivity contribution < 1.29 is 0 Å². The van der Waals surface area contributed by atoms with Crippen LogP contribution in [-0.4, -0.2) is 26.9 Å². The first-order valence-corrected chi connectivity index (χ1v) is 6.77. The summed E-state index contributed by atoms with van der Waals surface area (Å²) in [6, 6.07) is 2.91. The van der Waals surface area contributed by atoms with Crippen LogP contribution in [0.15, 0.2) is 17.8 Å². The molecular weight excluding hydrogens is 232 g/mol. The lowest BCUT2D eigenvalue weighted by Crippen LogP contribution is -2.26. The largest absolute Gasteiger partial charge is 0.297 e. The Balaban J connectivity index is 1.71. The quantitative estimate of drug-likeness (QED) is 0.813. The molecule has 1 aliphatic rings. The Hall–Kier alpha value is -1.38. The lowest BCUT2D eigenvalue weighted by atomic mass is 10.3. The molecule has 2 heterocycles. The molecule has 1 aliphatic carbocycles. The molecule has 0 spiro atoms. The molecule has 5 heteroatoms. The third-order valence-electron chi connectivity index (χ3n) is 3.08. The van der Waals surface area contributed by atoms with Crippen LogP contribution in [0.25, 0.3) is 4.96 Å². The van der Waals surface area contributed by atoms with Crippen LogP contribution >= 0.6 is 11.3 Å². The second-order valence-corrected chi connectivity index (χ2v) is 5.31. The number of rotatable bonds is 5. The summed E-state index contributed by atoms with van der Waals surface area (Å²) in [6.07, 6.45) is 7.28. The normalized spacial score (nSPS) is 15.5. The predicted molar refractivity (Wildman–Crippen MR) is 66.7 cm³/mol. The van der Waals surface area contributed by atoms with Crippen molar-refractivity contribution in [2.24, 2.45) is 0 Å². The maximum atomic E-state index is 8.67. The van der Waals surface area contributed by atoms with Crippen LogP contribution in [0.2, 0.25) is 0 Å². The summed E-state index contributed by atoms with van der Waals surface area (Å²) in [4.78, 5) is 8.02. The van der Waals surface area contributed by atoms with Crippen molar-refractivity contribution in [2.75, 3.05) is 6.54 Å². The van der Waals surface area contributed by atoms with Crippen LogP contribution in [0.1, 0.15) is 25.0 Å². The Labute approximate surface area is 104 Å². The maximum Gasteiger partial charge on any atom is 0.193 e. The highest BCUT2D eigenvalue weighted by Crippen LogP contribution is 2.28. The number of nitrogens with zero attached hydrogens (tertiary/aromatic N) is 4. The Kier molecular flexibility index (Phi) is 2.83. The molecule has 0 bridgehead atoms. The van der Waals surface area contributed by atoms with E-state index in [1.165, 1.54) is 12.8 Å². The second kappa shape index (κ2) is 4.47. The van der Waals surface area contributed by atoms with E-state index in [0.717, 1.165) is 23.7 Å². The van der Waals surface area contributed by atoms with Crippen molar-refractivity contribution in [3.63, 3.8) is 0 Å². The molecule has 17 heavy (non-hydrogen) atoms. The Morgan fingerprint density at radius 2 is 2.47 bits per heavy atom. The van der Waals surface area contributed by atoms with E-state index in [-0.39, 0.29) is 0 Å². The van der Waals surface area contributed by atoms with Gasteiger partial charge in [0.2, 0.25) is 0 Å². The van der Waals surface area contributed by atoms with Gasteiger partial charge in [0, 0.05) is 43.3 Å². The zero-order valence-electron chi connectivity index (χ0n) is 9.54. The van der Waals surface area contributed by atoms with Gasteiger partial charge in [-0.15, -0.1) is 11.3 Å². The minimum absolute atomic E-state index is 0.610. The number of imidazole rings is 1. The molecule has 88 valence electrons. The molecule has 0 N–H and O–H groups in total. The maximum absolute atomic E-state index is 8.67. The van der Waals surface area contributed by atoms with E-state index in [9.17, 15) is 0 Å². The second-order valence-electron chi connectivity index (χ2n) is 4.43. The van der Waals surface area contributed by atoms with Gasteiger partial charge in [-0.1, -0.05) is 0 Å². The van der Waals surface area contributed by atoms with Crippen molar-refractivity contribution in [2.45, 2.75) is 31.8 Å². The fourth-order valence-corrected chi connectivity index (χ4v) is 2.80. The van der Waals surface area contributed by atoms with Gasteiger partial charge in [0.25, 0.3) is 0 Å². The molecule has 0 radical (unpaired) electrons. The highest BCUT2D eigenvalue weighted by molar-refractivity contribution is 7.15. The van der Waals surface area contributed by atoms with Gasteiger partial charge < -0.3 is 0 Å². The first kappa shape index (κ1) is 10.8. The highest BCUT2D eigenvalue weighted by Gasteiger charge is 2.29. The first-order chi connectivity index (χ1) is 8.36. The minimum Gasteiger partial charge on any atom is -0.297 e. The molecule has 0 atom stereocenters. The summed E-state index contributed by atoms with van der Waals surface area (Å²) in [5, 5.41) is 10.7. The fourth-order valence-electron chi connectivity index (χ4n) is 2.08. The standard InChI is InChI=1S/C12H14N4S/c13-4-1-5-15(11-2-3-11)8-10-9-16-6-7-17-12(16)14-10/h6-7,9,11H,1-3,5,8H2. The topological polar surface area (TPSA) is 44.3 Å². The average Bonchev–Trinajstić information content (AvgIpc) is 2.96. The smallest absolute Gasteiger partial charge is 0.193 e. The van der Waals surface area contributed by atoms with E-state index in [1.54, 1.807) is 11.3 Å². The molecule has 0 aromatic carbocycles. The van der Waals surface area contributed by atoms with Crippen LogP contribution in [0.3, 0.4) is 0 Å². The number of fused-ring (bicyclic) bond motifs is 1. The lowest BCUT2D eigenvalue weighted by molar-refractivity contribution is 0.258. The molecule has 0 aliphatic heterocycles. The number of aromatic nitrogens is 2. The third kappa shape index (κ3) is 2.33. The predicted octanol–water partition coefficient (Wildman–Crippen LogP) is 2.27. The van der Waals surface area contributed by atoms with Crippen molar-refractivity contribution in [3.8, 4) is 6.07 Å². The summed E-state index contributed by atoms with van der Waals surface area (Å²) < 4.78 is 2.06. The summed E-state index contributed by atoms with van der Waals surface area (Å²) in [7, 11) is 0.